The molecule has 0 aliphatic carbocycles. The number of hydrogen-bond donors (Lipinski definition) is 0. The van der Waals surface area contributed by atoms with Crippen LogP contribution in [0, 0.1) is 0 Å². The molecule has 5 amide bonds. The lowest BCUT2D eigenvalue weighted by molar-refractivity contribution is -0.152. The summed E-state index contributed by atoms with van der Waals surface area (Å²) >= 11 is 1.79. The number of amides is 5. The Morgan fingerprint density at radius 2 is 1.69 bits per heavy atom. The summed E-state index contributed by atoms with van der Waals surface area (Å²) in [5.41, 5.74) is 1.76. The van der Waals surface area contributed by atoms with Crippen molar-refractivity contribution in [3.63, 3.8) is 0 Å². The van der Waals surface area contributed by atoms with Crippen molar-refractivity contribution in [3.05, 3.63) is 17.5 Å². The molecule has 206 valence electrons. The van der Waals surface area contributed by atoms with E-state index in [-0.39, 0.29) is 59.6 Å². The van der Waals surface area contributed by atoms with Crippen molar-refractivity contribution in [3.8, 4) is 0 Å². The standard InChI is InChI=1S/C24H26N6O7S2/c31-18(9-28-19(32)11-38-23(28)35)30-13-3-4-17(30)15-7-25-22(26-16(15)6-13)27-5-1-2-14(8-27)37-21(34)10-29-20(33)12-39-24(29)36/h7,13-14,17H,1-6,8-12H2/t13-,14-,17-/m0/s1. The zero-order valence-electron chi connectivity index (χ0n) is 20.9. The predicted octanol–water partition coefficient (Wildman–Crippen LogP) is 0.968. The highest BCUT2D eigenvalue weighted by molar-refractivity contribution is 8.15. The highest BCUT2D eigenvalue weighted by atomic mass is 32.2. The van der Waals surface area contributed by atoms with Crippen molar-refractivity contribution in [2.24, 2.45) is 0 Å². The monoisotopic (exact) mass is 574 g/mol. The first-order valence-electron chi connectivity index (χ1n) is 12.8. The van der Waals surface area contributed by atoms with E-state index in [1.807, 2.05) is 4.90 Å². The first kappa shape index (κ1) is 26.0. The van der Waals surface area contributed by atoms with Gasteiger partial charge in [0.05, 0.1) is 29.8 Å². The van der Waals surface area contributed by atoms with Gasteiger partial charge in [0.1, 0.15) is 19.2 Å². The second-order valence-corrected chi connectivity index (χ2v) is 11.9. The van der Waals surface area contributed by atoms with Crippen LogP contribution in [0.3, 0.4) is 0 Å². The first-order chi connectivity index (χ1) is 18.8. The van der Waals surface area contributed by atoms with E-state index in [1.165, 1.54) is 0 Å². The molecule has 6 heterocycles. The molecular weight excluding hydrogens is 548 g/mol. The number of carbonyl (C=O) groups excluding carboxylic acids is 6. The van der Waals surface area contributed by atoms with Crippen LogP contribution in [-0.2, 0) is 30.3 Å². The zero-order chi connectivity index (χ0) is 27.3. The van der Waals surface area contributed by atoms with E-state index in [2.05, 4.69) is 4.98 Å². The molecule has 1 aromatic rings. The molecule has 0 radical (unpaired) electrons. The fourth-order valence-electron chi connectivity index (χ4n) is 5.85. The molecule has 3 atom stereocenters. The average molecular weight is 575 g/mol. The second kappa shape index (κ2) is 10.4. The molecule has 1 aromatic heterocycles. The number of aromatic nitrogens is 2. The van der Waals surface area contributed by atoms with Crippen LogP contribution in [-0.4, -0.2) is 109 Å². The topological polar surface area (TPSA) is 150 Å². The molecule has 4 saturated heterocycles. The maximum absolute atomic E-state index is 13.1. The highest BCUT2D eigenvalue weighted by Crippen LogP contribution is 2.43. The van der Waals surface area contributed by atoms with Gasteiger partial charge in [-0.15, -0.1) is 0 Å². The van der Waals surface area contributed by atoms with Gasteiger partial charge < -0.3 is 14.5 Å². The summed E-state index contributed by atoms with van der Waals surface area (Å²) in [7, 11) is 0. The lowest BCUT2D eigenvalue weighted by Crippen LogP contribution is -2.48. The molecule has 6 rings (SSSR count). The molecule has 39 heavy (non-hydrogen) atoms. The number of esters is 1. The SMILES string of the molecule is O=C(CN1C(=O)CSC1=O)O[C@H]1CCCN(c2ncc3c(n2)C[C@@H]2CC[C@@H]3N2C(=O)CN2C(=O)CSC2=O)C1. The molecule has 5 aliphatic rings. The molecule has 0 saturated carbocycles. The maximum Gasteiger partial charge on any atom is 0.326 e. The Labute approximate surface area is 232 Å². The van der Waals surface area contributed by atoms with Gasteiger partial charge in [-0.05, 0) is 25.7 Å². The third-order valence-electron chi connectivity index (χ3n) is 7.69. The van der Waals surface area contributed by atoms with E-state index in [0.717, 1.165) is 63.8 Å². The lowest BCUT2D eigenvalue weighted by Gasteiger charge is -2.37. The number of piperidine rings is 1. The van der Waals surface area contributed by atoms with Crippen molar-refractivity contribution < 1.29 is 33.5 Å². The normalized spacial score (nSPS) is 26.5. The van der Waals surface area contributed by atoms with Crippen LogP contribution < -0.4 is 4.90 Å². The molecule has 0 N–H and O–H groups in total. The van der Waals surface area contributed by atoms with Gasteiger partial charge in [0.15, 0.2) is 0 Å². The Morgan fingerprint density at radius 3 is 2.38 bits per heavy atom. The van der Waals surface area contributed by atoms with Crippen molar-refractivity contribution >= 4 is 63.6 Å². The van der Waals surface area contributed by atoms with E-state index < -0.39 is 17.3 Å². The summed E-state index contributed by atoms with van der Waals surface area (Å²) < 4.78 is 5.58. The Balaban J connectivity index is 1.10. The van der Waals surface area contributed by atoms with Crippen LogP contribution in [0.1, 0.15) is 43.0 Å². The summed E-state index contributed by atoms with van der Waals surface area (Å²) in [5, 5.41) is -0.815. The second-order valence-electron chi connectivity index (χ2n) is 10.1. The van der Waals surface area contributed by atoms with E-state index in [9.17, 15) is 28.8 Å². The van der Waals surface area contributed by atoms with Crippen LogP contribution in [0.25, 0.3) is 0 Å². The van der Waals surface area contributed by atoms with Gasteiger partial charge in [0.2, 0.25) is 23.7 Å². The number of fused-ring (bicyclic) bond motifs is 4. The zero-order valence-corrected chi connectivity index (χ0v) is 22.6. The summed E-state index contributed by atoms with van der Waals surface area (Å²) in [6.07, 6.45) is 4.90. The molecule has 4 fully saturated rings. The minimum absolute atomic E-state index is 0.0452. The number of anilines is 1. The molecule has 0 aromatic carbocycles. The molecule has 2 bridgehead atoms. The fourth-order valence-corrected chi connectivity index (χ4v) is 7.30. The van der Waals surface area contributed by atoms with Crippen LogP contribution in [0.4, 0.5) is 15.5 Å². The van der Waals surface area contributed by atoms with Gasteiger partial charge in [0, 0.05) is 30.8 Å². The number of hydrogen-bond acceptors (Lipinski definition) is 12. The Hall–Kier alpha value is -3.20. The van der Waals surface area contributed by atoms with Crippen LogP contribution >= 0.6 is 23.5 Å². The third-order valence-corrected chi connectivity index (χ3v) is 9.40. The largest absolute Gasteiger partial charge is 0.459 e. The summed E-state index contributed by atoms with van der Waals surface area (Å²) in [5.74, 6) is -0.928. The summed E-state index contributed by atoms with van der Waals surface area (Å²) in [6, 6.07) is -0.243. The van der Waals surface area contributed by atoms with Crippen molar-refractivity contribution in [1.82, 2.24) is 24.7 Å². The lowest BCUT2D eigenvalue weighted by atomic mass is 9.99. The Morgan fingerprint density at radius 1 is 0.974 bits per heavy atom. The average Bonchev–Trinajstić information content (AvgIpc) is 3.53. The number of rotatable bonds is 6. The molecule has 5 aliphatic heterocycles. The molecule has 0 spiro atoms. The maximum atomic E-state index is 13.1. The van der Waals surface area contributed by atoms with Gasteiger partial charge >= 0.3 is 5.97 Å². The predicted molar refractivity (Wildman–Crippen MR) is 139 cm³/mol. The Kier molecular flexibility index (Phi) is 6.95. The van der Waals surface area contributed by atoms with Gasteiger partial charge in [-0.25, -0.2) is 9.97 Å². The molecule has 13 nitrogen and oxygen atoms in total. The van der Waals surface area contributed by atoms with Crippen molar-refractivity contribution in [2.45, 2.75) is 50.3 Å². The number of thioether (sulfide) groups is 2. The Bertz CT molecular complexity index is 1250. The number of nitrogens with zero attached hydrogens (tertiary/aromatic N) is 6. The molecular formula is C24H26N6O7S2. The van der Waals surface area contributed by atoms with E-state index in [1.54, 1.807) is 11.1 Å². The minimum atomic E-state index is -0.616. The highest BCUT2D eigenvalue weighted by Gasteiger charge is 2.45. The van der Waals surface area contributed by atoms with Crippen LogP contribution in [0.15, 0.2) is 6.20 Å². The summed E-state index contributed by atoms with van der Waals surface area (Å²) in [4.78, 5) is 88.2. The number of carbonyl (C=O) groups is 6. The fraction of sp³-hybridized carbons (Fsp3) is 0.583. The number of ether oxygens (including phenoxy) is 1. The smallest absolute Gasteiger partial charge is 0.326 e. The minimum Gasteiger partial charge on any atom is -0.459 e. The van der Waals surface area contributed by atoms with E-state index >= 15 is 0 Å². The van der Waals surface area contributed by atoms with E-state index in [4.69, 9.17) is 9.72 Å². The molecule has 15 heteroatoms. The van der Waals surface area contributed by atoms with Crippen LogP contribution in [0.2, 0.25) is 0 Å². The van der Waals surface area contributed by atoms with Crippen molar-refractivity contribution in [1.29, 1.82) is 0 Å². The molecule has 0 unspecified atom stereocenters. The summed E-state index contributed by atoms with van der Waals surface area (Å²) in [6.45, 7) is 0.473. The first-order valence-corrected chi connectivity index (χ1v) is 14.8. The van der Waals surface area contributed by atoms with E-state index in [0.29, 0.717) is 31.9 Å². The quantitative estimate of drug-likeness (QED) is 0.445. The van der Waals surface area contributed by atoms with Crippen LogP contribution in [0.5, 0.6) is 0 Å². The van der Waals surface area contributed by atoms with Gasteiger partial charge in [0.25, 0.3) is 10.5 Å². The van der Waals surface area contributed by atoms with Gasteiger partial charge in [-0.1, -0.05) is 23.5 Å². The third kappa shape index (κ3) is 4.97. The van der Waals surface area contributed by atoms with Gasteiger partial charge in [-0.2, -0.15) is 0 Å². The number of imide groups is 2. The van der Waals surface area contributed by atoms with Crippen molar-refractivity contribution in [2.75, 3.05) is 42.6 Å². The van der Waals surface area contributed by atoms with Gasteiger partial charge in [-0.3, -0.25) is 38.6 Å².